The predicted molar refractivity (Wildman–Crippen MR) is 169 cm³/mol. The molecule has 0 radical (unpaired) electrons. The van der Waals surface area contributed by atoms with Gasteiger partial charge in [0.15, 0.2) is 0 Å². The molecule has 1 heterocycles. The standard InChI is InChI=1S/C39H34N2/c1-26-15-18-28(19-16-26)39(35-13-7-5-11-31(35)33-23-27(25-40)17-21-36(33)39)29-20-22-38-34(24-29)32-12-6-8-14-37(32)41(38)30-9-3-2-4-10-30/h2-3,5-9,11-15,17,21,23-24,28H,4,10,16,18-20,22H2,1H3. The molecule has 3 aromatic carbocycles. The molecule has 0 aliphatic heterocycles. The summed E-state index contributed by atoms with van der Waals surface area (Å²) in [5, 5.41) is 11.2. The Balaban J connectivity index is 1.42. The van der Waals surface area contributed by atoms with Crippen LogP contribution in [-0.2, 0) is 11.8 Å². The largest absolute Gasteiger partial charge is 0.317 e. The number of hydrogen-bond donors (Lipinski definition) is 0. The van der Waals surface area contributed by atoms with E-state index in [4.69, 9.17) is 0 Å². The van der Waals surface area contributed by atoms with Crippen LogP contribution in [0.15, 0.2) is 102 Å². The minimum atomic E-state index is -0.190. The third kappa shape index (κ3) is 3.48. The van der Waals surface area contributed by atoms with Gasteiger partial charge < -0.3 is 4.57 Å². The predicted octanol–water partition coefficient (Wildman–Crippen LogP) is 9.75. The fraction of sp³-hybridized carbons (Fsp3) is 0.256. The van der Waals surface area contributed by atoms with Crippen LogP contribution in [0.4, 0.5) is 0 Å². The summed E-state index contributed by atoms with van der Waals surface area (Å²) in [6.45, 7) is 2.29. The molecule has 0 N–H and O–H groups in total. The SMILES string of the molecule is CC1=CCC(C2(C3=Cc4c(n(C5=CC=CCC5)c5ccccc45)CC3)c3ccccc3-c3cc(C#N)ccc32)CC1. The maximum atomic E-state index is 9.81. The zero-order valence-electron chi connectivity index (χ0n) is 23.7. The van der Waals surface area contributed by atoms with Crippen molar-refractivity contribution in [2.24, 2.45) is 5.92 Å². The summed E-state index contributed by atoms with van der Waals surface area (Å²) in [5.74, 6) is 0.480. The molecule has 0 bridgehead atoms. The van der Waals surface area contributed by atoms with Crippen LogP contribution < -0.4 is 0 Å². The molecule has 4 aliphatic carbocycles. The van der Waals surface area contributed by atoms with E-state index in [1.54, 1.807) is 5.57 Å². The lowest BCUT2D eigenvalue weighted by molar-refractivity contribution is 0.333. The number of para-hydroxylation sites is 1. The third-order valence-corrected chi connectivity index (χ3v) is 10.2. The Morgan fingerprint density at radius 3 is 2.59 bits per heavy atom. The molecule has 4 aromatic rings. The van der Waals surface area contributed by atoms with E-state index in [9.17, 15) is 5.26 Å². The van der Waals surface area contributed by atoms with Gasteiger partial charge in [-0.1, -0.05) is 84.0 Å². The van der Waals surface area contributed by atoms with E-state index >= 15 is 0 Å². The van der Waals surface area contributed by atoms with Gasteiger partial charge in [0.05, 0.1) is 17.1 Å². The summed E-state index contributed by atoms with van der Waals surface area (Å²) >= 11 is 0. The highest BCUT2D eigenvalue weighted by Crippen LogP contribution is 2.61. The average Bonchev–Trinajstić information content (AvgIpc) is 3.52. The van der Waals surface area contributed by atoms with Crippen molar-refractivity contribution in [3.8, 4) is 17.2 Å². The molecule has 0 spiro atoms. The van der Waals surface area contributed by atoms with E-state index in [-0.39, 0.29) is 5.41 Å². The van der Waals surface area contributed by atoms with E-state index in [2.05, 4.69) is 109 Å². The second kappa shape index (κ2) is 9.35. The first-order valence-corrected chi connectivity index (χ1v) is 15.2. The number of benzene rings is 3. The number of hydrogen-bond acceptors (Lipinski definition) is 1. The van der Waals surface area contributed by atoms with E-state index in [0.29, 0.717) is 5.92 Å². The lowest BCUT2D eigenvalue weighted by Crippen LogP contribution is -2.38. The highest BCUT2D eigenvalue weighted by molar-refractivity contribution is 5.96. The molecule has 200 valence electrons. The first-order chi connectivity index (χ1) is 20.2. The smallest absolute Gasteiger partial charge is 0.0991 e. The molecular weight excluding hydrogens is 496 g/mol. The average molecular weight is 531 g/mol. The quantitative estimate of drug-likeness (QED) is 0.242. The molecule has 2 nitrogen and oxygen atoms in total. The van der Waals surface area contributed by atoms with Crippen molar-refractivity contribution >= 4 is 22.7 Å². The van der Waals surface area contributed by atoms with Gasteiger partial charge in [0.2, 0.25) is 0 Å². The van der Waals surface area contributed by atoms with Crippen molar-refractivity contribution < 1.29 is 0 Å². The highest BCUT2D eigenvalue weighted by Gasteiger charge is 2.51. The Morgan fingerprint density at radius 1 is 0.902 bits per heavy atom. The second-order valence-electron chi connectivity index (χ2n) is 12.3. The zero-order chi connectivity index (χ0) is 27.6. The van der Waals surface area contributed by atoms with Gasteiger partial charge in [0.25, 0.3) is 0 Å². The summed E-state index contributed by atoms with van der Waals surface area (Å²) < 4.78 is 2.57. The number of rotatable bonds is 3. The summed E-state index contributed by atoms with van der Waals surface area (Å²) in [6, 6.07) is 26.9. The van der Waals surface area contributed by atoms with E-state index < -0.39 is 0 Å². The summed E-state index contributed by atoms with van der Waals surface area (Å²) in [5.41, 5.74) is 14.6. The van der Waals surface area contributed by atoms with Crippen molar-refractivity contribution in [3.63, 3.8) is 0 Å². The van der Waals surface area contributed by atoms with Gasteiger partial charge in [0.1, 0.15) is 0 Å². The first kappa shape index (κ1) is 24.4. The molecule has 2 heteroatoms. The zero-order valence-corrected chi connectivity index (χ0v) is 23.7. The van der Waals surface area contributed by atoms with Crippen molar-refractivity contribution in [2.75, 3.05) is 0 Å². The monoisotopic (exact) mass is 530 g/mol. The number of allylic oxidation sites excluding steroid dienone is 7. The molecule has 2 unspecified atom stereocenters. The van der Waals surface area contributed by atoms with Crippen LogP contribution in [0, 0.1) is 17.2 Å². The molecule has 2 atom stereocenters. The fourth-order valence-electron chi connectivity index (χ4n) is 8.43. The van der Waals surface area contributed by atoms with Crippen LogP contribution in [0.2, 0.25) is 0 Å². The second-order valence-corrected chi connectivity index (χ2v) is 12.3. The summed E-state index contributed by atoms with van der Waals surface area (Å²) in [6.07, 6.45) is 19.6. The van der Waals surface area contributed by atoms with Crippen molar-refractivity contribution in [2.45, 2.75) is 57.3 Å². The summed E-state index contributed by atoms with van der Waals surface area (Å²) in [7, 11) is 0. The number of nitriles is 1. The van der Waals surface area contributed by atoms with Gasteiger partial charge in [-0.05, 0) is 104 Å². The number of fused-ring (bicyclic) bond motifs is 6. The first-order valence-electron chi connectivity index (χ1n) is 15.2. The molecule has 0 amide bonds. The Morgan fingerprint density at radius 2 is 1.76 bits per heavy atom. The number of nitrogens with zero attached hydrogens (tertiary/aromatic N) is 2. The van der Waals surface area contributed by atoms with E-state index in [0.717, 1.165) is 44.1 Å². The number of aromatic nitrogens is 1. The van der Waals surface area contributed by atoms with E-state index in [1.165, 1.54) is 62.1 Å². The molecular formula is C39H34N2. The lowest BCUT2D eigenvalue weighted by atomic mass is 9.58. The van der Waals surface area contributed by atoms with Crippen molar-refractivity contribution in [1.82, 2.24) is 4.57 Å². The van der Waals surface area contributed by atoms with Gasteiger partial charge in [0, 0.05) is 27.8 Å². The summed E-state index contributed by atoms with van der Waals surface area (Å²) in [4.78, 5) is 0. The van der Waals surface area contributed by atoms with Crippen LogP contribution in [0.1, 0.15) is 73.4 Å². The van der Waals surface area contributed by atoms with Gasteiger partial charge in [-0.25, -0.2) is 0 Å². The topological polar surface area (TPSA) is 28.7 Å². The Kier molecular flexibility index (Phi) is 5.58. The molecule has 8 rings (SSSR count). The van der Waals surface area contributed by atoms with Crippen LogP contribution in [0.5, 0.6) is 0 Å². The lowest BCUT2D eigenvalue weighted by Gasteiger charge is -2.44. The molecule has 0 saturated carbocycles. The van der Waals surface area contributed by atoms with Gasteiger partial charge >= 0.3 is 0 Å². The normalized spacial score (nSPS) is 22.7. The molecule has 1 aromatic heterocycles. The maximum absolute atomic E-state index is 9.81. The third-order valence-electron chi connectivity index (χ3n) is 10.2. The molecule has 4 aliphatic rings. The van der Waals surface area contributed by atoms with Crippen molar-refractivity contribution in [1.29, 1.82) is 5.26 Å². The van der Waals surface area contributed by atoms with Crippen LogP contribution in [0.25, 0.3) is 33.8 Å². The minimum absolute atomic E-state index is 0.190. The maximum Gasteiger partial charge on any atom is 0.0991 e. The van der Waals surface area contributed by atoms with Gasteiger partial charge in [-0.2, -0.15) is 5.26 Å². The van der Waals surface area contributed by atoms with Gasteiger partial charge in [-0.15, -0.1) is 0 Å². The van der Waals surface area contributed by atoms with Crippen molar-refractivity contribution in [3.05, 3.63) is 130 Å². The molecule has 41 heavy (non-hydrogen) atoms. The van der Waals surface area contributed by atoms with Crippen LogP contribution >= 0.6 is 0 Å². The Hall–Kier alpha value is -4.35. The minimum Gasteiger partial charge on any atom is -0.317 e. The Bertz CT molecular complexity index is 1900. The van der Waals surface area contributed by atoms with Crippen LogP contribution in [-0.4, -0.2) is 4.57 Å². The molecule has 0 fully saturated rings. The fourth-order valence-corrected chi connectivity index (χ4v) is 8.43. The Labute approximate surface area is 242 Å². The van der Waals surface area contributed by atoms with Gasteiger partial charge in [-0.3, -0.25) is 0 Å². The van der Waals surface area contributed by atoms with Crippen LogP contribution in [0.3, 0.4) is 0 Å². The highest BCUT2D eigenvalue weighted by atomic mass is 15.0. The molecule has 0 saturated heterocycles. The van der Waals surface area contributed by atoms with E-state index in [1.807, 2.05) is 6.07 Å².